The molecule has 1 saturated carbocycles. The molecule has 2 aliphatic rings. The predicted octanol–water partition coefficient (Wildman–Crippen LogP) is 2.35. The van der Waals surface area contributed by atoms with Crippen LogP contribution in [0.1, 0.15) is 48.6 Å². The van der Waals surface area contributed by atoms with Gasteiger partial charge in [-0.3, -0.25) is 4.79 Å². The summed E-state index contributed by atoms with van der Waals surface area (Å²) in [7, 11) is 0. The van der Waals surface area contributed by atoms with Crippen LogP contribution in [0.3, 0.4) is 0 Å². The summed E-state index contributed by atoms with van der Waals surface area (Å²) in [4.78, 5) is 12.2. The lowest BCUT2D eigenvalue weighted by Crippen LogP contribution is -2.43. The molecule has 2 heterocycles. The minimum atomic E-state index is -0.00817. The van der Waals surface area contributed by atoms with E-state index in [1.54, 1.807) is 6.07 Å². The molecule has 1 aromatic rings. The smallest absolute Gasteiger partial charge is 0.268 e. The Kier molecular flexibility index (Phi) is 3.80. The zero-order valence-electron chi connectivity index (χ0n) is 11.0. The Morgan fingerprint density at radius 3 is 2.95 bits per heavy atom. The highest BCUT2D eigenvalue weighted by Gasteiger charge is 2.28. The van der Waals surface area contributed by atoms with Crippen LogP contribution in [0.5, 0.6) is 0 Å². The number of aromatic nitrogens is 1. The average molecular weight is 282 g/mol. The molecule has 2 fully saturated rings. The summed E-state index contributed by atoms with van der Waals surface area (Å²) >= 11 is 6.02. The van der Waals surface area contributed by atoms with Crippen molar-refractivity contribution >= 4 is 17.5 Å². The zero-order valence-corrected chi connectivity index (χ0v) is 11.7. The molecule has 1 aliphatic heterocycles. The number of carbonyl (C=O) groups is 1. The Morgan fingerprint density at radius 1 is 1.42 bits per heavy atom. The summed E-state index contributed by atoms with van der Waals surface area (Å²) in [6, 6.07) is 2.65. The predicted molar refractivity (Wildman–Crippen MR) is 75.7 cm³/mol. The Hall–Kier alpha value is -1.00. The molecule has 1 atom stereocenters. The third-order valence-electron chi connectivity index (χ3n) is 3.91. The number of rotatable bonds is 4. The van der Waals surface area contributed by atoms with Crippen molar-refractivity contribution in [2.24, 2.45) is 0 Å². The highest BCUT2D eigenvalue weighted by Crippen LogP contribution is 2.37. The summed E-state index contributed by atoms with van der Waals surface area (Å²) in [6.45, 7) is 1.76. The van der Waals surface area contributed by atoms with Gasteiger partial charge in [-0.25, -0.2) is 0 Å². The van der Waals surface area contributed by atoms with Gasteiger partial charge in [0, 0.05) is 24.8 Å². The van der Waals surface area contributed by atoms with Crippen LogP contribution in [0.15, 0.2) is 12.3 Å². The molecular weight excluding hydrogens is 262 g/mol. The van der Waals surface area contributed by atoms with Crippen molar-refractivity contribution in [3.8, 4) is 0 Å². The van der Waals surface area contributed by atoms with Crippen molar-refractivity contribution in [2.75, 3.05) is 13.1 Å². The molecule has 5 heteroatoms. The minimum absolute atomic E-state index is 0.00817. The molecule has 19 heavy (non-hydrogen) atoms. The topological polar surface area (TPSA) is 46.1 Å². The molecule has 1 amide bonds. The van der Waals surface area contributed by atoms with E-state index in [-0.39, 0.29) is 5.91 Å². The van der Waals surface area contributed by atoms with Crippen LogP contribution < -0.4 is 10.6 Å². The quantitative estimate of drug-likeness (QED) is 0.890. The maximum absolute atomic E-state index is 12.2. The fourth-order valence-electron chi connectivity index (χ4n) is 2.69. The van der Waals surface area contributed by atoms with Crippen molar-refractivity contribution in [2.45, 2.75) is 44.2 Å². The Balaban J connectivity index is 1.60. The number of hydrogen-bond acceptors (Lipinski definition) is 2. The van der Waals surface area contributed by atoms with Crippen molar-refractivity contribution in [1.82, 2.24) is 15.2 Å². The molecule has 1 aromatic heterocycles. The van der Waals surface area contributed by atoms with Gasteiger partial charge in [0.2, 0.25) is 0 Å². The fraction of sp³-hybridized carbons (Fsp3) is 0.643. The second-order valence-electron chi connectivity index (χ2n) is 5.54. The molecule has 1 aliphatic carbocycles. The van der Waals surface area contributed by atoms with E-state index in [1.165, 1.54) is 12.8 Å². The zero-order chi connectivity index (χ0) is 13.2. The lowest BCUT2D eigenvalue weighted by atomic mass is 10.1. The van der Waals surface area contributed by atoms with Crippen LogP contribution in [0.2, 0.25) is 5.02 Å². The molecule has 0 bridgehead atoms. The van der Waals surface area contributed by atoms with Gasteiger partial charge >= 0.3 is 0 Å². The Labute approximate surface area is 118 Å². The van der Waals surface area contributed by atoms with Crippen LogP contribution >= 0.6 is 11.6 Å². The number of halogens is 1. The molecule has 0 spiro atoms. The van der Waals surface area contributed by atoms with Gasteiger partial charge in [0.25, 0.3) is 5.91 Å². The highest BCUT2D eigenvalue weighted by molar-refractivity contribution is 6.31. The van der Waals surface area contributed by atoms with Crippen LogP contribution in [0, 0.1) is 0 Å². The molecular formula is C14H20ClN3O. The summed E-state index contributed by atoms with van der Waals surface area (Å²) < 4.78 is 2.02. The van der Waals surface area contributed by atoms with Gasteiger partial charge in [0.05, 0.1) is 5.02 Å². The van der Waals surface area contributed by atoms with Crippen LogP contribution in [0.4, 0.5) is 0 Å². The van der Waals surface area contributed by atoms with E-state index in [4.69, 9.17) is 11.6 Å². The van der Waals surface area contributed by atoms with Crippen molar-refractivity contribution in [3.05, 3.63) is 23.0 Å². The number of nitrogens with zero attached hydrogens (tertiary/aromatic N) is 1. The van der Waals surface area contributed by atoms with Gasteiger partial charge < -0.3 is 15.2 Å². The second kappa shape index (κ2) is 5.55. The lowest BCUT2D eigenvalue weighted by molar-refractivity contribution is 0.0938. The van der Waals surface area contributed by atoms with Gasteiger partial charge in [-0.2, -0.15) is 0 Å². The standard InChI is InChI=1S/C14H20ClN3O/c15-10-7-13(18(9-10)12-4-5-12)14(19)17-8-11-3-1-2-6-16-11/h7,9,11-12,16H,1-6,8H2,(H,17,19). The fourth-order valence-corrected chi connectivity index (χ4v) is 2.90. The molecule has 2 N–H and O–H groups in total. The van der Waals surface area contributed by atoms with Crippen LogP contribution in [-0.4, -0.2) is 29.6 Å². The van der Waals surface area contributed by atoms with E-state index in [9.17, 15) is 4.79 Å². The largest absolute Gasteiger partial charge is 0.349 e. The Morgan fingerprint density at radius 2 is 2.26 bits per heavy atom. The first kappa shape index (κ1) is 13.0. The third-order valence-corrected chi connectivity index (χ3v) is 4.12. The van der Waals surface area contributed by atoms with Crippen molar-refractivity contribution in [1.29, 1.82) is 0 Å². The van der Waals surface area contributed by atoms with Gasteiger partial charge in [0.15, 0.2) is 0 Å². The van der Waals surface area contributed by atoms with Gasteiger partial charge in [0.1, 0.15) is 5.69 Å². The van der Waals surface area contributed by atoms with Crippen LogP contribution in [0.25, 0.3) is 0 Å². The van der Waals surface area contributed by atoms with Crippen molar-refractivity contribution in [3.63, 3.8) is 0 Å². The molecule has 104 valence electrons. The number of carbonyl (C=O) groups excluding carboxylic acids is 1. The molecule has 0 aromatic carbocycles. The highest BCUT2D eigenvalue weighted by atomic mass is 35.5. The monoisotopic (exact) mass is 281 g/mol. The molecule has 3 rings (SSSR count). The normalized spacial score (nSPS) is 23.3. The maximum atomic E-state index is 12.2. The van der Waals surface area contributed by atoms with E-state index in [0.29, 0.717) is 29.3 Å². The number of amides is 1. The van der Waals surface area contributed by atoms with E-state index in [0.717, 1.165) is 25.8 Å². The van der Waals surface area contributed by atoms with Gasteiger partial charge in [-0.15, -0.1) is 0 Å². The van der Waals surface area contributed by atoms with Gasteiger partial charge in [-0.05, 0) is 38.3 Å². The van der Waals surface area contributed by atoms with Gasteiger partial charge in [-0.1, -0.05) is 18.0 Å². The number of hydrogen-bond donors (Lipinski definition) is 2. The molecule has 1 unspecified atom stereocenters. The minimum Gasteiger partial charge on any atom is -0.349 e. The van der Waals surface area contributed by atoms with Crippen LogP contribution in [-0.2, 0) is 0 Å². The number of piperidine rings is 1. The van der Waals surface area contributed by atoms with E-state index >= 15 is 0 Å². The summed E-state index contributed by atoms with van der Waals surface area (Å²) in [6.07, 6.45) is 7.80. The van der Waals surface area contributed by atoms with Crippen molar-refractivity contribution < 1.29 is 4.79 Å². The molecule has 4 nitrogen and oxygen atoms in total. The first-order valence-electron chi connectivity index (χ1n) is 7.13. The SMILES string of the molecule is O=C(NCC1CCCCN1)c1cc(Cl)cn1C1CC1. The summed E-state index contributed by atoms with van der Waals surface area (Å²) in [5.74, 6) is -0.00817. The average Bonchev–Trinajstić information content (AvgIpc) is 3.20. The summed E-state index contributed by atoms with van der Waals surface area (Å²) in [5, 5.41) is 7.10. The Bertz CT molecular complexity index is 461. The number of nitrogens with one attached hydrogen (secondary N) is 2. The third kappa shape index (κ3) is 3.12. The van der Waals surface area contributed by atoms with E-state index < -0.39 is 0 Å². The van der Waals surface area contributed by atoms with E-state index in [1.807, 2.05) is 10.8 Å². The van der Waals surface area contributed by atoms with E-state index in [2.05, 4.69) is 10.6 Å². The molecule has 0 radical (unpaired) electrons. The second-order valence-corrected chi connectivity index (χ2v) is 5.98. The first-order valence-corrected chi connectivity index (χ1v) is 7.51. The summed E-state index contributed by atoms with van der Waals surface area (Å²) in [5.41, 5.74) is 0.698. The first-order chi connectivity index (χ1) is 9.24. The maximum Gasteiger partial charge on any atom is 0.268 e. The molecule has 1 saturated heterocycles. The lowest BCUT2D eigenvalue weighted by Gasteiger charge is -2.23.